The van der Waals surface area contributed by atoms with Crippen LogP contribution in [-0.2, 0) is 9.53 Å². The topological polar surface area (TPSA) is 86.3 Å². The van der Waals surface area contributed by atoms with Crippen molar-refractivity contribution in [2.75, 3.05) is 39.2 Å². The van der Waals surface area contributed by atoms with Gasteiger partial charge in [0, 0.05) is 12.1 Å². The Hall–Kier alpha value is -4.04. The van der Waals surface area contributed by atoms with Crippen LogP contribution in [0.2, 0.25) is 0 Å². The summed E-state index contributed by atoms with van der Waals surface area (Å²) >= 11 is 0. The van der Waals surface area contributed by atoms with E-state index in [0.717, 1.165) is 5.56 Å². The molecule has 0 aliphatic carbocycles. The number of benzene rings is 3. The van der Waals surface area contributed by atoms with E-state index in [1.54, 1.807) is 41.3 Å². The Bertz CT molecular complexity index is 1200. The van der Waals surface area contributed by atoms with Gasteiger partial charge in [-0.1, -0.05) is 42.5 Å². The van der Waals surface area contributed by atoms with Gasteiger partial charge in [-0.3, -0.25) is 9.59 Å². The summed E-state index contributed by atoms with van der Waals surface area (Å²) in [5.41, 5.74) is 2.06. The molecule has 3 aromatic carbocycles. The number of rotatable bonds is 8. The first-order chi connectivity index (χ1) is 17.5. The molecule has 1 aliphatic rings. The second-order valence-corrected chi connectivity index (χ2v) is 8.46. The number of hydrogen-bond acceptors (Lipinski definition) is 6. The van der Waals surface area contributed by atoms with Crippen LogP contribution in [0.15, 0.2) is 72.8 Å². The Morgan fingerprint density at radius 3 is 2.39 bits per heavy atom. The van der Waals surface area contributed by atoms with Crippen molar-refractivity contribution in [3.8, 4) is 17.2 Å². The largest absolute Gasteiger partial charge is 0.495 e. The van der Waals surface area contributed by atoms with E-state index in [0.29, 0.717) is 41.6 Å². The highest BCUT2D eigenvalue weighted by atomic mass is 16.5. The van der Waals surface area contributed by atoms with Crippen LogP contribution in [0.5, 0.6) is 17.2 Å². The number of nitrogens with one attached hydrogen (secondary N) is 1. The summed E-state index contributed by atoms with van der Waals surface area (Å²) in [7, 11) is 3.03. The molecule has 0 saturated carbocycles. The normalized spacial score (nSPS) is 17.2. The smallest absolute Gasteiger partial charge is 0.262 e. The SMILES string of the molecule is COc1ccccc1NC(=O)COc1ccc(C(=O)N2CC(C)OC(c3ccccc3)C2)cc1OC. The molecule has 188 valence electrons. The first-order valence-corrected chi connectivity index (χ1v) is 11.7. The Morgan fingerprint density at radius 2 is 1.64 bits per heavy atom. The van der Waals surface area contributed by atoms with Crippen molar-refractivity contribution in [2.45, 2.75) is 19.1 Å². The lowest BCUT2D eigenvalue weighted by atomic mass is 10.1. The number of morpholine rings is 1. The Labute approximate surface area is 210 Å². The fourth-order valence-electron chi connectivity index (χ4n) is 4.15. The molecule has 8 heteroatoms. The van der Waals surface area contributed by atoms with Gasteiger partial charge in [0.15, 0.2) is 18.1 Å². The van der Waals surface area contributed by atoms with Gasteiger partial charge >= 0.3 is 0 Å². The van der Waals surface area contributed by atoms with E-state index in [1.165, 1.54) is 14.2 Å². The van der Waals surface area contributed by atoms with Crippen molar-refractivity contribution in [2.24, 2.45) is 0 Å². The van der Waals surface area contributed by atoms with Crippen LogP contribution in [0.4, 0.5) is 5.69 Å². The molecule has 0 spiro atoms. The minimum atomic E-state index is -0.351. The molecule has 1 heterocycles. The van der Waals surface area contributed by atoms with Gasteiger partial charge in [-0.25, -0.2) is 0 Å². The predicted molar refractivity (Wildman–Crippen MR) is 136 cm³/mol. The van der Waals surface area contributed by atoms with E-state index in [2.05, 4.69) is 5.32 Å². The standard InChI is InChI=1S/C28H30N2O6/c1-19-16-30(17-26(36-19)20-9-5-4-6-10-20)28(32)21-13-14-24(25(15-21)34-3)35-18-27(31)29-22-11-7-8-12-23(22)33-2/h4-15,19,26H,16-18H2,1-3H3,(H,29,31). The van der Waals surface area contributed by atoms with Crippen molar-refractivity contribution in [1.82, 2.24) is 4.90 Å². The molecule has 0 bridgehead atoms. The van der Waals surface area contributed by atoms with Crippen LogP contribution in [0.3, 0.4) is 0 Å². The molecule has 3 aromatic rings. The maximum absolute atomic E-state index is 13.3. The number of ether oxygens (including phenoxy) is 4. The Morgan fingerprint density at radius 1 is 0.917 bits per heavy atom. The van der Waals surface area contributed by atoms with E-state index in [-0.39, 0.29) is 30.6 Å². The summed E-state index contributed by atoms with van der Waals surface area (Å²) in [6.45, 7) is 2.67. The van der Waals surface area contributed by atoms with Gasteiger partial charge in [0.2, 0.25) is 0 Å². The average Bonchev–Trinajstić information content (AvgIpc) is 2.91. The lowest BCUT2D eigenvalue weighted by Gasteiger charge is -2.37. The number of hydrogen-bond donors (Lipinski definition) is 1. The predicted octanol–water partition coefficient (Wildman–Crippen LogP) is 4.32. The molecule has 1 saturated heterocycles. The van der Waals surface area contributed by atoms with Crippen molar-refractivity contribution in [3.63, 3.8) is 0 Å². The molecule has 1 aliphatic heterocycles. The number of para-hydroxylation sites is 2. The van der Waals surface area contributed by atoms with Gasteiger partial charge in [0.05, 0.1) is 32.6 Å². The number of methoxy groups -OCH3 is 2. The molecule has 0 aromatic heterocycles. The maximum atomic E-state index is 13.3. The quantitative estimate of drug-likeness (QED) is 0.506. The fourth-order valence-corrected chi connectivity index (χ4v) is 4.15. The highest BCUT2D eigenvalue weighted by molar-refractivity contribution is 5.95. The van der Waals surface area contributed by atoms with Gasteiger partial charge < -0.3 is 29.2 Å². The number of amides is 2. The first-order valence-electron chi connectivity index (χ1n) is 11.7. The number of nitrogens with zero attached hydrogens (tertiary/aromatic N) is 1. The molecule has 1 N–H and O–H groups in total. The zero-order valence-corrected chi connectivity index (χ0v) is 20.6. The van der Waals surface area contributed by atoms with Crippen molar-refractivity contribution in [1.29, 1.82) is 0 Å². The molecule has 2 amide bonds. The van der Waals surface area contributed by atoms with Crippen LogP contribution < -0.4 is 19.5 Å². The highest BCUT2D eigenvalue weighted by Gasteiger charge is 2.30. The molecule has 36 heavy (non-hydrogen) atoms. The van der Waals surface area contributed by atoms with Gasteiger partial charge in [-0.2, -0.15) is 0 Å². The third kappa shape index (κ3) is 5.95. The summed E-state index contributed by atoms with van der Waals surface area (Å²) < 4.78 is 22.5. The summed E-state index contributed by atoms with van der Waals surface area (Å²) in [6, 6.07) is 22.0. The molecule has 8 nitrogen and oxygen atoms in total. The van der Waals surface area contributed by atoms with Gasteiger partial charge in [-0.05, 0) is 42.8 Å². The lowest BCUT2D eigenvalue weighted by Crippen LogP contribution is -2.45. The summed E-state index contributed by atoms with van der Waals surface area (Å²) in [6.07, 6.45) is -0.288. The van der Waals surface area contributed by atoms with Gasteiger partial charge in [-0.15, -0.1) is 0 Å². The van der Waals surface area contributed by atoms with Crippen LogP contribution in [-0.4, -0.2) is 56.7 Å². The minimum absolute atomic E-state index is 0.0980. The van der Waals surface area contributed by atoms with E-state index >= 15 is 0 Å². The van der Waals surface area contributed by atoms with E-state index in [4.69, 9.17) is 18.9 Å². The zero-order valence-electron chi connectivity index (χ0n) is 20.6. The molecule has 4 rings (SSSR count). The Balaban J connectivity index is 1.41. The molecule has 2 atom stereocenters. The summed E-state index contributed by atoms with van der Waals surface area (Å²) in [4.78, 5) is 27.5. The first kappa shape index (κ1) is 25.1. The van der Waals surface area contributed by atoms with Crippen LogP contribution >= 0.6 is 0 Å². The van der Waals surface area contributed by atoms with E-state index in [9.17, 15) is 9.59 Å². The zero-order chi connectivity index (χ0) is 25.5. The average molecular weight is 491 g/mol. The third-order valence-electron chi connectivity index (χ3n) is 5.87. The van der Waals surface area contributed by atoms with Crippen molar-refractivity contribution >= 4 is 17.5 Å². The van der Waals surface area contributed by atoms with Gasteiger partial charge in [0.25, 0.3) is 11.8 Å². The minimum Gasteiger partial charge on any atom is -0.495 e. The maximum Gasteiger partial charge on any atom is 0.262 e. The molecule has 0 radical (unpaired) electrons. The van der Waals surface area contributed by atoms with Crippen molar-refractivity contribution in [3.05, 3.63) is 83.9 Å². The number of anilines is 1. The van der Waals surface area contributed by atoms with Crippen LogP contribution in [0.1, 0.15) is 28.9 Å². The second kappa shape index (κ2) is 11.6. The molecular weight excluding hydrogens is 460 g/mol. The summed E-state index contributed by atoms with van der Waals surface area (Å²) in [5, 5.41) is 2.76. The molecular formula is C28H30N2O6. The molecule has 1 fully saturated rings. The van der Waals surface area contributed by atoms with E-state index in [1.807, 2.05) is 43.3 Å². The van der Waals surface area contributed by atoms with Crippen LogP contribution in [0, 0.1) is 0 Å². The lowest BCUT2D eigenvalue weighted by molar-refractivity contribution is -0.118. The Kier molecular flexibility index (Phi) is 8.07. The van der Waals surface area contributed by atoms with Crippen molar-refractivity contribution < 1.29 is 28.5 Å². The second-order valence-electron chi connectivity index (χ2n) is 8.46. The third-order valence-corrected chi connectivity index (χ3v) is 5.87. The highest BCUT2D eigenvalue weighted by Crippen LogP contribution is 2.31. The van der Waals surface area contributed by atoms with E-state index < -0.39 is 0 Å². The summed E-state index contributed by atoms with van der Waals surface area (Å²) in [5.74, 6) is 0.813. The number of carbonyl (C=O) groups excluding carboxylic acids is 2. The monoisotopic (exact) mass is 490 g/mol. The van der Waals surface area contributed by atoms with Crippen LogP contribution in [0.25, 0.3) is 0 Å². The number of carbonyl (C=O) groups is 2. The molecule has 2 unspecified atom stereocenters. The fraction of sp³-hybridized carbons (Fsp3) is 0.286. The van der Waals surface area contributed by atoms with Gasteiger partial charge in [0.1, 0.15) is 11.9 Å².